The zero-order valence-corrected chi connectivity index (χ0v) is 16.1. The summed E-state index contributed by atoms with van der Waals surface area (Å²) in [5.41, 5.74) is 3.71. The third-order valence-electron chi connectivity index (χ3n) is 4.02. The largest absolute Gasteiger partial charge is 0.465 e. The molecule has 2 N–H and O–H groups in total. The smallest absolute Gasteiger partial charge is 0.337 e. The number of aryl methyl sites for hydroxylation is 1. The number of esters is 1. The molecule has 142 valence electrons. The van der Waals surface area contributed by atoms with Crippen LogP contribution in [0.5, 0.6) is 0 Å². The lowest BCUT2D eigenvalue weighted by Crippen LogP contribution is -2.14. The number of benzene rings is 2. The number of amides is 1. The van der Waals surface area contributed by atoms with Crippen molar-refractivity contribution >= 4 is 40.5 Å². The fourth-order valence-electron chi connectivity index (χ4n) is 2.52. The highest BCUT2D eigenvalue weighted by molar-refractivity contribution is 6.30. The normalized spacial score (nSPS) is 10.2. The molecule has 0 aliphatic rings. The third kappa shape index (κ3) is 4.66. The third-order valence-corrected chi connectivity index (χ3v) is 4.25. The van der Waals surface area contributed by atoms with Gasteiger partial charge < -0.3 is 15.4 Å². The molecule has 0 radical (unpaired) electrons. The van der Waals surface area contributed by atoms with Crippen molar-refractivity contribution in [2.45, 2.75) is 6.92 Å². The second kappa shape index (κ2) is 8.54. The van der Waals surface area contributed by atoms with Crippen molar-refractivity contribution in [2.24, 2.45) is 0 Å². The molecule has 0 fully saturated rings. The second-order valence-electron chi connectivity index (χ2n) is 6.04. The zero-order chi connectivity index (χ0) is 20.1. The Morgan fingerprint density at radius 2 is 1.86 bits per heavy atom. The van der Waals surface area contributed by atoms with Gasteiger partial charge in [0.05, 0.1) is 24.6 Å². The molecule has 2 aromatic carbocycles. The average molecular weight is 396 g/mol. The number of aromatic nitrogens is 1. The number of rotatable bonds is 5. The monoisotopic (exact) mass is 395 g/mol. The molecular weight excluding hydrogens is 378 g/mol. The van der Waals surface area contributed by atoms with Gasteiger partial charge >= 0.3 is 5.97 Å². The summed E-state index contributed by atoms with van der Waals surface area (Å²) in [6, 6.07) is 15.4. The van der Waals surface area contributed by atoms with Crippen LogP contribution in [0.3, 0.4) is 0 Å². The molecule has 1 heterocycles. The minimum absolute atomic E-state index is 0.247. The Hall–Kier alpha value is -3.38. The highest BCUT2D eigenvalue weighted by Crippen LogP contribution is 2.24. The van der Waals surface area contributed by atoms with Gasteiger partial charge in [-0.05, 0) is 55.0 Å². The van der Waals surface area contributed by atoms with Crippen molar-refractivity contribution in [1.29, 1.82) is 0 Å². The predicted octanol–water partition coefficient (Wildman–Crippen LogP) is 4.83. The predicted molar refractivity (Wildman–Crippen MR) is 109 cm³/mol. The fraction of sp³-hybridized carbons (Fsp3) is 0.0952. The summed E-state index contributed by atoms with van der Waals surface area (Å²) < 4.78 is 4.68. The number of carbonyl (C=O) groups is 2. The fourth-order valence-corrected chi connectivity index (χ4v) is 2.70. The number of carbonyl (C=O) groups excluding carboxylic acids is 2. The van der Waals surface area contributed by atoms with E-state index in [4.69, 9.17) is 11.6 Å². The van der Waals surface area contributed by atoms with Gasteiger partial charge in [-0.15, -0.1) is 0 Å². The number of hydrogen-bond donors (Lipinski definition) is 2. The molecule has 0 aliphatic heterocycles. The van der Waals surface area contributed by atoms with Crippen LogP contribution in [-0.2, 0) is 4.74 Å². The van der Waals surface area contributed by atoms with Gasteiger partial charge in [-0.3, -0.25) is 4.79 Å². The summed E-state index contributed by atoms with van der Waals surface area (Å²) in [4.78, 5) is 28.2. The summed E-state index contributed by atoms with van der Waals surface area (Å²) in [5.74, 6) is -0.853. The van der Waals surface area contributed by atoms with Gasteiger partial charge in [0.15, 0.2) is 0 Å². The number of methoxy groups -OCH3 is 1. The summed E-state index contributed by atoms with van der Waals surface area (Å²) in [6.07, 6.45) is 1.57. The quantitative estimate of drug-likeness (QED) is 0.605. The van der Waals surface area contributed by atoms with Crippen LogP contribution in [0.15, 0.2) is 60.8 Å². The number of anilines is 3. The standard InChI is InChI=1S/C21H18ClN3O3/c1-13-6-7-15(22)11-19(13)24-17-8-9-18(23-12-17)20(26)25-16-5-3-4-14(10-16)21(27)28-2/h3-12,24H,1-2H3,(H,25,26). The van der Waals surface area contributed by atoms with Crippen LogP contribution in [0.25, 0.3) is 0 Å². The van der Waals surface area contributed by atoms with Crippen LogP contribution < -0.4 is 10.6 Å². The second-order valence-corrected chi connectivity index (χ2v) is 6.48. The number of nitrogens with zero attached hydrogens (tertiary/aromatic N) is 1. The van der Waals surface area contributed by atoms with Gasteiger partial charge in [-0.2, -0.15) is 0 Å². The number of pyridine rings is 1. The molecule has 6 nitrogen and oxygen atoms in total. The van der Waals surface area contributed by atoms with Crippen molar-refractivity contribution in [2.75, 3.05) is 17.7 Å². The Balaban J connectivity index is 1.70. The molecule has 1 amide bonds. The van der Waals surface area contributed by atoms with Crippen LogP contribution in [0.4, 0.5) is 17.1 Å². The van der Waals surface area contributed by atoms with Crippen LogP contribution in [-0.4, -0.2) is 24.0 Å². The van der Waals surface area contributed by atoms with Crippen molar-refractivity contribution in [1.82, 2.24) is 4.98 Å². The molecule has 7 heteroatoms. The van der Waals surface area contributed by atoms with Gasteiger partial charge in [-0.1, -0.05) is 23.7 Å². The van der Waals surface area contributed by atoms with Gasteiger partial charge in [0.25, 0.3) is 5.91 Å². The minimum Gasteiger partial charge on any atom is -0.465 e. The van der Waals surface area contributed by atoms with E-state index in [2.05, 4.69) is 20.4 Å². The molecule has 28 heavy (non-hydrogen) atoms. The maximum Gasteiger partial charge on any atom is 0.337 e. The maximum atomic E-state index is 12.4. The molecule has 0 spiro atoms. The molecule has 0 unspecified atom stereocenters. The SMILES string of the molecule is COC(=O)c1cccc(NC(=O)c2ccc(Nc3cc(Cl)ccc3C)cn2)c1. The lowest BCUT2D eigenvalue weighted by Gasteiger charge is -2.10. The van der Waals surface area contributed by atoms with E-state index in [1.54, 1.807) is 42.6 Å². The van der Waals surface area contributed by atoms with Gasteiger partial charge in [-0.25, -0.2) is 9.78 Å². The lowest BCUT2D eigenvalue weighted by molar-refractivity contribution is 0.0600. The van der Waals surface area contributed by atoms with Crippen LogP contribution >= 0.6 is 11.6 Å². The molecule has 3 aromatic rings. The first-order chi connectivity index (χ1) is 13.5. The highest BCUT2D eigenvalue weighted by Gasteiger charge is 2.11. The van der Waals surface area contributed by atoms with E-state index in [-0.39, 0.29) is 11.6 Å². The molecular formula is C21H18ClN3O3. The number of ether oxygens (including phenoxy) is 1. The summed E-state index contributed by atoms with van der Waals surface area (Å²) >= 11 is 6.03. The van der Waals surface area contributed by atoms with Gasteiger partial charge in [0, 0.05) is 16.4 Å². The van der Waals surface area contributed by atoms with Gasteiger partial charge in [0.1, 0.15) is 5.69 Å². The summed E-state index contributed by atoms with van der Waals surface area (Å²) in [6.45, 7) is 1.97. The molecule has 0 saturated carbocycles. The Kier molecular flexibility index (Phi) is 5.91. The zero-order valence-electron chi connectivity index (χ0n) is 15.3. The molecule has 3 rings (SSSR count). The van der Waals surface area contributed by atoms with Crippen molar-refractivity contribution < 1.29 is 14.3 Å². The van der Waals surface area contributed by atoms with Crippen LogP contribution in [0.1, 0.15) is 26.4 Å². The summed E-state index contributed by atoms with van der Waals surface area (Å²) in [7, 11) is 1.30. The highest BCUT2D eigenvalue weighted by atomic mass is 35.5. The van der Waals surface area contributed by atoms with Crippen LogP contribution in [0.2, 0.25) is 5.02 Å². The molecule has 0 bridgehead atoms. The van der Waals surface area contributed by atoms with E-state index in [0.29, 0.717) is 16.3 Å². The first-order valence-corrected chi connectivity index (χ1v) is 8.83. The molecule has 0 saturated heterocycles. The van der Waals surface area contributed by atoms with Crippen molar-refractivity contribution in [3.8, 4) is 0 Å². The maximum absolute atomic E-state index is 12.4. The van der Waals surface area contributed by atoms with E-state index < -0.39 is 5.97 Å². The van der Waals surface area contributed by atoms with E-state index in [9.17, 15) is 9.59 Å². The molecule has 1 aromatic heterocycles. The van der Waals surface area contributed by atoms with E-state index in [1.165, 1.54) is 7.11 Å². The first kappa shape index (κ1) is 19.4. The first-order valence-electron chi connectivity index (χ1n) is 8.45. The van der Waals surface area contributed by atoms with Crippen molar-refractivity contribution in [3.05, 3.63) is 82.6 Å². The van der Waals surface area contributed by atoms with Crippen molar-refractivity contribution in [3.63, 3.8) is 0 Å². The number of halogens is 1. The molecule has 0 atom stereocenters. The Morgan fingerprint density at radius 3 is 2.57 bits per heavy atom. The number of hydrogen-bond acceptors (Lipinski definition) is 5. The van der Waals surface area contributed by atoms with E-state index >= 15 is 0 Å². The topological polar surface area (TPSA) is 80.3 Å². The van der Waals surface area contributed by atoms with E-state index in [0.717, 1.165) is 16.9 Å². The Morgan fingerprint density at radius 1 is 1.04 bits per heavy atom. The lowest BCUT2D eigenvalue weighted by atomic mass is 10.2. The average Bonchev–Trinajstić information content (AvgIpc) is 2.71. The Labute approximate surface area is 167 Å². The Bertz CT molecular complexity index is 1020. The number of nitrogens with one attached hydrogen (secondary N) is 2. The van der Waals surface area contributed by atoms with E-state index in [1.807, 2.05) is 25.1 Å². The minimum atomic E-state index is -0.471. The summed E-state index contributed by atoms with van der Waals surface area (Å²) in [5, 5.41) is 6.57. The van der Waals surface area contributed by atoms with Gasteiger partial charge in [0.2, 0.25) is 0 Å². The molecule has 0 aliphatic carbocycles. The van der Waals surface area contributed by atoms with Crippen LogP contribution in [0, 0.1) is 6.92 Å².